The molecule has 0 spiro atoms. The van der Waals surface area contributed by atoms with Crippen molar-refractivity contribution in [1.82, 2.24) is 10.6 Å². The first kappa shape index (κ1) is 11.8. The van der Waals surface area contributed by atoms with Crippen LogP contribution in [0.25, 0.3) is 0 Å². The summed E-state index contributed by atoms with van der Waals surface area (Å²) in [6.07, 6.45) is 1.64. The number of carbonyl (C=O) groups excluding carboxylic acids is 1. The molecule has 0 heterocycles. The van der Waals surface area contributed by atoms with Crippen LogP contribution in [0.1, 0.15) is 5.56 Å². The molecule has 0 saturated heterocycles. The van der Waals surface area contributed by atoms with Crippen molar-refractivity contribution in [3.63, 3.8) is 0 Å². The fourth-order valence-electron chi connectivity index (χ4n) is 1.06. The summed E-state index contributed by atoms with van der Waals surface area (Å²) in [7, 11) is 0. The van der Waals surface area contributed by atoms with Gasteiger partial charge in [-0.3, -0.25) is 0 Å². The molecule has 0 aliphatic rings. The van der Waals surface area contributed by atoms with Crippen LogP contribution in [0.15, 0.2) is 41.4 Å². The van der Waals surface area contributed by atoms with Crippen molar-refractivity contribution in [2.75, 3.05) is 6.54 Å². The Balaban J connectivity index is 2.36. The lowest BCUT2D eigenvalue weighted by atomic mass is 10.2. The topological polar surface area (TPSA) is 41.1 Å². The number of hydrogen-bond acceptors (Lipinski definition) is 1. The molecule has 1 rings (SSSR count). The zero-order valence-electron chi connectivity index (χ0n) is 8.29. The zero-order valence-corrected chi connectivity index (χ0v) is 9.88. The van der Waals surface area contributed by atoms with Crippen LogP contribution in [0.5, 0.6) is 0 Å². The molecule has 80 valence electrons. The number of carbonyl (C=O) groups is 1. The Hall–Kier alpha value is -1.29. The molecule has 1 aromatic carbocycles. The molecular weight excluding hydrogens is 256 g/mol. The first-order valence-corrected chi connectivity index (χ1v) is 5.38. The highest BCUT2D eigenvalue weighted by molar-refractivity contribution is 9.10. The maximum absolute atomic E-state index is 11.2. The molecule has 15 heavy (non-hydrogen) atoms. The van der Waals surface area contributed by atoms with Crippen molar-refractivity contribution >= 4 is 22.0 Å². The molecule has 1 aromatic rings. The van der Waals surface area contributed by atoms with Gasteiger partial charge in [0.25, 0.3) is 0 Å². The minimum atomic E-state index is -0.185. The summed E-state index contributed by atoms with van der Waals surface area (Å²) in [5, 5.41) is 5.38. The second-order valence-electron chi connectivity index (χ2n) is 2.98. The fraction of sp³-hybridized carbons (Fsp3) is 0.182. The molecule has 2 N–H and O–H groups in total. The molecule has 3 nitrogen and oxygen atoms in total. The standard InChI is InChI=1S/C11H13BrN2O/c1-2-6-13-11(15)14-8-9-4-3-5-10(12)7-9/h2-5,7H,1,6,8H2,(H2,13,14,15). The van der Waals surface area contributed by atoms with Crippen LogP contribution in [0.2, 0.25) is 0 Å². The fourth-order valence-corrected chi connectivity index (χ4v) is 1.50. The van der Waals surface area contributed by atoms with E-state index < -0.39 is 0 Å². The minimum absolute atomic E-state index is 0.185. The molecule has 0 aliphatic heterocycles. The van der Waals surface area contributed by atoms with Crippen molar-refractivity contribution in [3.8, 4) is 0 Å². The zero-order chi connectivity index (χ0) is 11.1. The van der Waals surface area contributed by atoms with E-state index in [1.165, 1.54) is 0 Å². The number of amides is 2. The quantitative estimate of drug-likeness (QED) is 0.810. The van der Waals surface area contributed by atoms with E-state index >= 15 is 0 Å². The van der Waals surface area contributed by atoms with Gasteiger partial charge < -0.3 is 10.6 Å². The lowest BCUT2D eigenvalue weighted by Crippen LogP contribution is -2.34. The smallest absolute Gasteiger partial charge is 0.315 e. The first-order chi connectivity index (χ1) is 7.22. The molecule has 4 heteroatoms. The number of hydrogen-bond donors (Lipinski definition) is 2. The Bertz CT molecular complexity index is 352. The van der Waals surface area contributed by atoms with Gasteiger partial charge in [0.1, 0.15) is 0 Å². The van der Waals surface area contributed by atoms with Crippen LogP contribution in [0.4, 0.5) is 4.79 Å². The molecule has 0 radical (unpaired) electrons. The maximum Gasteiger partial charge on any atom is 0.315 e. The number of urea groups is 1. The lowest BCUT2D eigenvalue weighted by Gasteiger charge is -2.06. The normalized spacial score (nSPS) is 9.40. The third-order valence-corrected chi connectivity index (χ3v) is 2.24. The number of halogens is 1. The minimum Gasteiger partial charge on any atom is -0.335 e. The van der Waals surface area contributed by atoms with Gasteiger partial charge in [0.15, 0.2) is 0 Å². The molecule has 0 atom stereocenters. The molecule has 0 bridgehead atoms. The summed E-state index contributed by atoms with van der Waals surface area (Å²) in [6.45, 7) is 4.51. The molecule has 0 aromatic heterocycles. The molecule has 0 fully saturated rings. The van der Waals surface area contributed by atoms with E-state index in [-0.39, 0.29) is 6.03 Å². The highest BCUT2D eigenvalue weighted by Gasteiger charge is 1.98. The van der Waals surface area contributed by atoms with E-state index in [1.807, 2.05) is 24.3 Å². The van der Waals surface area contributed by atoms with Gasteiger partial charge in [-0.05, 0) is 17.7 Å². The Morgan fingerprint density at radius 2 is 2.27 bits per heavy atom. The summed E-state index contributed by atoms with van der Waals surface area (Å²) < 4.78 is 1.01. The maximum atomic E-state index is 11.2. The van der Waals surface area contributed by atoms with Crippen molar-refractivity contribution in [3.05, 3.63) is 47.0 Å². The van der Waals surface area contributed by atoms with Gasteiger partial charge >= 0.3 is 6.03 Å². The predicted octanol–water partition coefficient (Wildman–Crippen LogP) is 2.43. The van der Waals surface area contributed by atoms with Crippen LogP contribution < -0.4 is 10.6 Å². The van der Waals surface area contributed by atoms with Crippen LogP contribution in [-0.2, 0) is 6.54 Å². The van der Waals surface area contributed by atoms with Crippen molar-refractivity contribution in [1.29, 1.82) is 0 Å². The van der Waals surface area contributed by atoms with Gasteiger partial charge in [0.05, 0.1) is 0 Å². The Morgan fingerprint density at radius 1 is 1.47 bits per heavy atom. The van der Waals surface area contributed by atoms with Crippen molar-refractivity contribution in [2.45, 2.75) is 6.54 Å². The summed E-state index contributed by atoms with van der Waals surface area (Å²) in [6, 6.07) is 7.62. The lowest BCUT2D eigenvalue weighted by molar-refractivity contribution is 0.241. The van der Waals surface area contributed by atoms with Crippen LogP contribution in [0, 0.1) is 0 Å². The van der Waals surface area contributed by atoms with Gasteiger partial charge in [-0.15, -0.1) is 6.58 Å². The molecule has 0 saturated carbocycles. The third-order valence-electron chi connectivity index (χ3n) is 1.75. The number of rotatable bonds is 4. The average molecular weight is 269 g/mol. The predicted molar refractivity (Wildman–Crippen MR) is 64.6 cm³/mol. The first-order valence-electron chi connectivity index (χ1n) is 4.59. The van der Waals surface area contributed by atoms with E-state index in [4.69, 9.17) is 0 Å². The van der Waals surface area contributed by atoms with Crippen molar-refractivity contribution < 1.29 is 4.79 Å². The summed E-state index contributed by atoms with van der Waals surface area (Å²) >= 11 is 3.37. The van der Waals surface area contributed by atoms with Gasteiger partial charge in [-0.1, -0.05) is 34.1 Å². The van der Waals surface area contributed by atoms with E-state index in [9.17, 15) is 4.79 Å². The second-order valence-corrected chi connectivity index (χ2v) is 3.90. The van der Waals surface area contributed by atoms with Gasteiger partial charge in [-0.25, -0.2) is 4.79 Å². The van der Waals surface area contributed by atoms with E-state index in [2.05, 4.69) is 33.1 Å². The van der Waals surface area contributed by atoms with Gasteiger partial charge in [0, 0.05) is 17.6 Å². The largest absolute Gasteiger partial charge is 0.335 e. The molecule has 2 amide bonds. The average Bonchev–Trinajstić information content (AvgIpc) is 2.23. The summed E-state index contributed by atoms with van der Waals surface area (Å²) in [5.41, 5.74) is 1.05. The number of nitrogens with one attached hydrogen (secondary N) is 2. The molecular formula is C11H13BrN2O. The SMILES string of the molecule is C=CCNC(=O)NCc1cccc(Br)c1. The highest BCUT2D eigenvalue weighted by Crippen LogP contribution is 2.11. The molecule has 0 unspecified atom stereocenters. The monoisotopic (exact) mass is 268 g/mol. The Kier molecular flexibility index (Phi) is 4.90. The van der Waals surface area contributed by atoms with Gasteiger partial charge in [-0.2, -0.15) is 0 Å². The Labute approximate surface area is 97.7 Å². The van der Waals surface area contributed by atoms with E-state index in [0.29, 0.717) is 13.1 Å². The van der Waals surface area contributed by atoms with Crippen LogP contribution in [0.3, 0.4) is 0 Å². The summed E-state index contributed by atoms with van der Waals surface area (Å²) in [4.78, 5) is 11.2. The second kappa shape index (κ2) is 6.24. The summed E-state index contributed by atoms with van der Waals surface area (Å²) in [5.74, 6) is 0. The van der Waals surface area contributed by atoms with E-state index in [0.717, 1.165) is 10.0 Å². The third kappa shape index (κ3) is 4.65. The van der Waals surface area contributed by atoms with E-state index in [1.54, 1.807) is 6.08 Å². The molecule has 0 aliphatic carbocycles. The van der Waals surface area contributed by atoms with Crippen LogP contribution >= 0.6 is 15.9 Å². The number of benzene rings is 1. The highest BCUT2D eigenvalue weighted by atomic mass is 79.9. The van der Waals surface area contributed by atoms with Crippen LogP contribution in [-0.4, -0.2) is 12.6 Å². The van der Waals surface area contributed by atoms with Crippen molar-refractivity contribution in [2.24, 2.45) is 0 Å². The van der Waals surface area contributed by atoms with Gasteiger partial charge in [0.2, 0.25) is 0 Å². The Morgan fingerprint density at radius 3 is 2.93 bits per heavy atom.